The molecule has 4 nitrogen and oxygen atoms in total. The Morgan fingerprint density at radius 2 is 2.07 bits per heavy atom. The fourth-order valence-electron chi connectivity index (χ4n) is 2.00. The average molecular weight is 215 g/mol. The first-order valence-corrected chi connectivity index (χ1v) is 5.75. The maximum Gasteiger partial charge on any atom is 0.319 e. The summed E-state index contributed by atoms with van der Waals surface area (Å²) in [7, 11) is 0. The lowest BCUT2D eigenvalue weighted by Crippen LogP contribution is -2.43. The van der Waals surface area contributed by atoms with Gasteiger partial charge in [-0.3, -0.25) is 4.79 Å². The van der Waals surface area contributed by atoms with Gasteiger partial charge in [0.25, 0.3) is 0 Å². The zero-order valence-electron chi connectivity index (χ0n) is 9.42. The lowest BCUT2D eigenvalue weighted by molar-refractivity contribution is -0.142. The number of ether oxygens (including phenoxy) is 1. The van der Waals surface area contributed by atoms with Gasteiger partial charge in [-0.2, -0.15) is 0 Å². The first kappa shape index (κ1) is 12.5. The molecule has 0 spiro atoms. The Bertz CT molecular complexity index is 200. The minimum atomic E-state index is -0.606. The van der Waals surface area contributed by atoms with Gasteiger partial charge in [0.2, 0.25) is 0 Å². The van der Waals surface area contributed by atoms with Gasteiger partial charge < -0.3 is 15.2 Å². The third kappa shape index (κ3) is 4.62. The molecular weight excluding hydrogens is 194 g/mol. The summed E-state index contributed by atoms with van der Waals surface area (Å²) >= 11 is 0. The molecule has 88 valence electrons. The number of aliphatic hydroxyl groups is 1. The Labute approximate surface area is 91.0 Å². The number of hydrogen-bond acceptors (Lipinski definition) is 4. The van der Waals surface area contributed by atoms with Gasteiger partial charge >= 0.3 is 5.97 Å². The van der Waals surface area contributed by atoms with Crippen LogP contribution in [-0.2, 0) is 9.53 Å². The molecule has 0 saturated heterocycles. The lowest BCUT2D eigenvalue weighted by atomic mass is 9.85. The molecular formula is C11H21NO3. The highest BCUT2D eigenvalue weighted by molar-refractivity contribution is 5.71. The van der Waals surface area contributed by atoms with E-state index in [9.17, 15) is 9.90 Å². The molecule has 0 unspecified atom stereocenters. The molecule has 15 heavy (non-hydrogen) atoms. The van der Waals surface area contributed by atoms with Gasteiger partial charge in [0.15, 0.2) is 0 Å². The molecule has 1 rings (SSSR count). The molecule has 0 aliphatic heterocycles. The molecule has 4 heteroatoms. The van der Waals surface area contributed by atoms with E-state index in [0.717, 1.165) is 25.7 Å². The first-order valence-electron chi connectivity index (χ1n) is 5.75. The summed E-state index contributed by atoms with van der Waals surface area (Å²) in [4.78, 5) is 11.0. The van der Waals surface area contributed by atoms with Crippen molar-refractivity contribution in [2.75, 3.05) is 19.7 Å². The summed E-state index contributed by atoms with van der Waals surface area (Å²) in [5.41, 5.74) is -0.606. The van der Waals surface area contributed by atoms with E-state index in [1.54, 1.807) is 6.92 Å². The molecule has 0 heterocycles. The quantitative estimate of drug-likeness (QED) is 0.667. The summed E-state index contributed by atoms with van der Waals surface area (Å²) < 4.78 is 4.78. The fourth-order valence-corrected chi connectivity index (χ4v) is 2.00. The normalized spacial score (nSPS) is 19.9. The molecule has 2 N–H and O–H groups in total. The van der Waals surface area contributed by atoms with E-state index in [-0.39, 0.29) is 12.5 Å². The highest BCUT2D eigenvalue weighted by Crippen LogP contribution is 2.27. The monoisotopic (exact) mass is 215 g/mol. The van der Waals surface area contributed by atoms with E-state index in [1.165, 1.54) is 6.42 Å². The van der Waals surface area contributed by atoms with Crippen molar-refractivity contribution < 1.29 is 14.6 Å². The van der Waals surface area contributed by atoms with E-state index >= 15 is 0 Å². The number of carbonyl (C=O) groups excluding carboxylic acids is 1. The van der Waals surface area contributed by atoms with Gasteiger partial charge in [-0.15, -0.1) is 0 Å². The zero-order valence-corrected chi connectivity index (χ0v) is 9.42. The van der Waals surface area contributed by atoms with Crippen LogP contribution in [0.2, 0.25) is 0 Å². The van der Waals surface area contributed by atoms with Crippen LogP contribution < -0.4 is 5.32 Å². The highest BCUT2D eigenvalue weighted by atomic mass is 16.5. The molecule has 0 aromatic carbocycles. The number of nitrogens with one attached hydrogen (secondary N) is 1. The van der Waals surface area contributed by atoms with Gasteiger partial charge in [-0.05, 0) is 19.8 Å². The van der Waals surface area contributed by atoms with Crippen molar-refractivity contribution in [1.29, 1.82) is 0 Å². The van der Waals surface area contributed by atoms with Crippen LogP contribution in [0, 0.1) is 0 Å². The second-order valence-electron chi connectivity index (χ2n) is 4.19. The predicted octanol–water partition coefficient (Wildman–Crippen LogP) is 0.834. The molecule has 1 fully saturated rings. The van der Waals surface area contributed by atoms with Crippen LogP contribution in [0.4, 0.5) is 0 Å². The van der Waals surface area contributed by atoms with Gasteiger partial charge in [0.05, 0.1) is 18.8 Å². The van der Waals surface area contributed by atoms with Gasteiger partial charge in [-0.25, -0.2) is 0 Å². The predicted molar refractivity (Wildman–Crippen MR) is 57.5 cm³/mol. The van der Waals surface area contributed by atoms with Crippen LogP contribution in [0.1, 0.15) is 39.0 Å². The van der Waals surface area contributed by atoms with Crippen LogP contribution in [-0.4, -0.2) is 36.4 Å². The molecule has 0 radical (unpaired) electrons. The van der Waals surface area contributed by atoms with Crippen molar-refractivity contribution in [2.45, 2.75) is 44.6 Å². The SMILES string of the molecule is CCOC(=O)CNCC1(O)CCCCC1. The first-order chi connectivity index (χ1) is 7.16. The summed E-state index contributed by atoms with van der Waals surface area (Å²) in [6.07, 6.45) is 5.04. The molecule has 0 aromatic heterocycles. The third-order valence-electron chi connectivity index (χ3n) is 2.81. The largest absolute Gasteiger partial charge is 0.465 e. The van der Waals surface area contributed by atoms with Crippen molar-refractivity contribution in [2.24, 2.45) is 0 Å². The Balaban J connectivity index is 2.15. The van der Waals surface area contributed by atoms with Gasteiger partial charge in [0, 0.05) is 6.54 Å². The molecule has 0 bridgehead atoms. The van der Waals surface area contributed by atoms with E-state index in [0.29, 0.717) is 13.2 Å². The fraction of sp³-hybridized carbons (Fsp3) is 0.909. The second kappa shape index (κ2) is 6.08. The van der Waals surface area contributed by atoms with Gasteiger partial charge in [-0.1, -0.05) is 19.3 Å². The molecule has 1 saturated carbocycles. The maximum absolute atomic E-state index is 11.0. The molecule has 1 aliphatic carbocycles. The van der Waals surface area contributed by atoms with Gasteiger partial charge in [0.1, 0.15) is 0 Å². The Kier molecular flexibility index (Phi) is 5.05. The third-order valence-corrected chi connectivity index (χ3v) is 2.81. The van der Waals surface area contributed by atoms with Crippen LogP contribution >= 0.6 is 0 Å². The molecule has 0 atom stereocenters. The summed E-state index contributed by atoms with van der Waals surface area (Å²) in [5.74, 6) is -0.253. The summed E-state index contributed by atoms with van der Waals surface area (Å²) in [5, 5.41) is 13.1. The molecule has 0 amide bonds. The Morgan fingerprint density at radius 3 is 2.67 bits per heavy atom. The number of esters is 1. The zero-order chi connectivity index (χ0) is 11.1. The number of hydrogen-bond donors (Lipinski definition) is 2. The van der Waals surface area contributed by atoms with Crippen molar-refractivity contribution >= 4 is 5.97 Å². The minimum Gasteiger partial charge on any atom is -0.465 e. The van der Waals surface area contributed by atoms with Crippen LogP contribution in [0.3, 0.4) is 0 Å². The summed E-state index contributed by atoms with van der Waals surface area (Å²) in [6, 6.07) is 0. The van der Waals surface area contributed by atoms with E-state index < -0.39 is 5.60 Å². The van der Waals surface area contributed by atoms with Crippen molar-refractivity contribution in [1.82, 2.24) is 5.32 Å². The van der Waals surface area contributed by atoms with E-state index in [4.69, 9.17) is 4.74 Å². The number of carbonyl (C=O) groups is 1. The highest BCUT2D eigenvalue weighted by Gasteiger charge is 2.28. The summed E-state index contributed by atoms with van der Waals surface area (Å²) in [6.45, 7) is 2.87. The van der Waals surface area contributed by atoms with Crippen molar-refractivity contribution in [3.05, 3.63) is 0 Å². The van der Waals surface area contributed by atoms with Crippen LogP contribution in [0.5, 0.6) is 0 Å². The maximum atomic E-state index is 11.0. The van der Waals surface area contributed by atoms with E-state index in [2.05, 4.69) is 5.32 Å². The molecule has 0 aromatic rings. The standard InChI is InChI=1S/C11H21NO3/c1-2-15-10(13)8-12-9-11(14)6-4-3-5-7-11/h12,14H,2-9H2,1H3. The van der Waals surface area contributed by atoms with Crippen molar-refractivity contribution in [3.8, 4) is 0 Å². The van der Waals surface area contributed by atoms with Crippen molar-refractivity contribution in [3.63, 3.8) is 0 Å². The Morgan fingerprint density at radius 1 is 1.40 bits per heavy atom. The van der Waals surface area contributed by atoms with E-state index in [1.807, 2.05) is 0 Å². The smallest absolute Gasteiger partial charge is 0.319 e. The van der Waals surface area contributed by atoms with Crippen LogP contribution in [0.15, 0.2) is 0 Å². The Hall–Kier alpha value is -0.610. The second-order valence-corrected chi connectivity index (χ2v) is 4.19. The van der Waals surface area contributed by atoms with Crippen LogP contribution in [0.25, 0.3) is 0 Å². The average Bonchev–Trinajstić information content (AvgIpc) is 2.19. The molecule has 1 aliphatic rings. The minimum absolute atomic E-state index is 0.191. The lowest BCUT2D eigenvalue weighted by Gasteiger charge is -2.32. The topological polar surface area (TPSA) is 58.6 Å². The number of rotatable bonds is 5.